The highest BCUT2D eigenvalue weighted by Crippen LogP contribution is 2.28. The number of aliphatic imine (C=N–C) groups is 2. The van der Waals surface area contributed by atoms with Gasteiger partial charge in [0, 0.05) is 40.7 Å². The topological polar surface area (TPSA) is 63.1 Å². The van der Waals surface area contributed by atoms with Gasteiger partial charge in [-0.05, 0) is 45.2 Å². The van der Waals surface area contributed by atoms with Gasteiger partial charge in [-0.15, -0.1) is 0 Å². The van der Waals surface area contributed by atoms with E-state index in [9.17, 15) is 0 Å². The summed E-state index contributed by atoms with van der Waals surface area (Å²) in [4.78, 5) is 24.5. The molecule has 0 atom stereocenters. The summed E-state index contributed by atoms with van der Waals surface area (Å²) in [6, 6.07) is 0. The van der Waals surface area contributed by atoms with E-state index >= 15 is 0 Å². The fourth-order valence-electron chi connectivity index (χ4n) is 4.29. The summed E-state index contributed by atoms with van der Waals surface area (Å²) in [7, 11) is 6.32. The van der Waals surface area contributed by atoms with Gasteiger partial charge >= 0.3 is 0 Å². The summed E-state index contributed by atoms with van der Waals surface area (Å²) < 4.78 is 0. The number of imidazole rings is 1. The number of aromatic amines is 1. The molecule has 0 amide bonds. The Morgan fingerprint density at radius 3 is 2.34 bits per heavy atom. The monoisotopic (exact) mass is 481 g/mol. The smallest absolute Gasteiger partial charge is 0.160 e. The van der Waals surface area contributed by atoms with Crippen molar-refractivity contribution in [2.75, 3.05) is 45.7 Å². The van der Waals surface area contributed by atoms with Gasteiger partial charge in [0.25, 0.3) is 0 Å². The number of aryl methyl sites for hydroxylation is 1. The van der Waals surface area contributed by atoms with E-state index in [1.807, 2.05) is 13.1 Å². The summed E-state index contributed by atoms with van der Waals surface area (Å²) in [5, 5.41) is 0. The fraction of sp³-hybridized carbons (Fsp3) is 0.607. The lowest BCUT2D eigenvalue weighted by Crippen LogP contribution is -2.23. The van der Waals surface area contributed by atoms with Crippen LogP contribution in [0.4, 0.5) is 5.82 Å². The number of allylic oxidation sites excluding steroid dienone is 2. The second-order valence-corrected chi connectivity index (χ2v) is 9.31. The minimum atomic E-state index is 0.697. The number of nitrogens with one attached hydrogen (secondary N) is 1. The molecule has 7 nitrogen and oxygen atoms in total. The fourth-order valence-corrected chi connectivity index (χ4v) is 4.29. The number of hydrogen-bond donors (Lipinski definition) is 1. The molecule has 194 valence electrons. The summed E-state index contributed by atoms with van der Waals surface area (Å²) in [6.45, 7) is 15.2. The van der Waals surface area contributed by atoms with Crippen LogP contribution in [0.3, 0.4) is 0 Å². The van der Waals surface area contributed by atoms with Gasteiger partial charge in [0.1, 0.15) is 17.4 Å². The van der Waals surface area contributed by atoms with Crippen LogP contribution < -0.4 is 4.90 Å². The summed E-state index contributed by atoms with van der Waals surface area (Å²) in [6.07, 6.45) is 13.7. The van der Waals surface area contributed by atoms with E-state index in [1.54, 1.807) is 0 Å². The van der Waals surface area contributed by atoms with Crippen molar-refractivity contribution in [3.63, 3.8) is 0 Å². The molecule has 0 saturated heterocycles. The molecule has 1 aromatic rings. The van der Waals surface area contributed by atoms with Crippen LogP contribution >= 0.6 is 0 Å². The number of hydrogen-bond acceptors (Lipinski definition) is 6. The Morgan fingerprint density at radius 1 is 1.00 bits per heavy atom. The van der Waals surface area contributed by atoms with Crippen molar-refractivity contribution in [2.24, 2.45) is 9.98 Å². The second kappa shape index (κ2) is 14.5. The highest BCUT2D eigenvalue weighted by molar-refractivity contribution is 6.11. The van der Waals surface area contributed by atoms with Crippen molar-refractivity contribution >= 4 is 23.1 Å². The summed E-state index contributed by atoms with van der Waals surface area (Å²) in [5.41, 5.74) is 4.56. The number of aromatic nitrogens is 2. The molecule has 0 bridgehead atoms. The number of amidine groups is 1. The zero-order valence-electron chi connectivity index (χ0n) is 23.2. The molecule has 7 heteroatoms. The summed E-state index contributed by atoms with van der Waals surface area (Å²) in [5.74, 6) is 2.88. The molecule has 0 unspecified atom stereocenters. The zero-order chi connectivity index (χ0) is 25.8. The lowest BCUT2D eigenvalue weighted by molar-refractivity contribution is 0.457. The third kappa shape index (κ3) is 8.11. The Morgan fingerprint density at radius 2 is 1.71 bits per heavy atom. The molecule has 2 rings (SSSR count). The third-order valence-electron chi connectivity index (χ3n) is 6.11. The zero-order valence-corrected chi connectivity index (χ0v) is 23.2. The van der Waals surface area contributed by atoms with E-state index in [0.29, 0.717) is 6.54 Å². The molecule has 0 spiro atoms. The predicted octanol–water partition coefficient (Wildman–Crippen LogP) is 6.03. The van der Waals surface area contributed by atoms with Crippen LogP contribution in [0.25, 0.3) is 5.70 Å². The van der Waals surface area contributed by atoms with Crippen molar-refractivity contribution in [3.05, 3.63) is 42.1 Å². The molecule has 2 heterocycles. The molecular formula is C28H47N7. The van der Waals surface area contributed by atoms with Crippen LogP contribution in [-0.4, -0.2) is 72.1 Å². The first kappa shape index (κ1) is 28.4. The molecule has 1 aliphatic rings. The average Bonchev–Trinajstić information content (AvgIpc) is 3.45. The molecule has 0 aliphatic carbocycles. The van der Waals surface area contributed by atoms with Crippen LogP contribution in [-0.2, 0) is 0 Å². The van der Waals surface area contributed by atoms with E-state index in [0.717, 1.165) is 86.9 Å². The number of unbranched alkanes of at least 4 members (excludes halogenated alkanes) is 2. The average molecular weight is 482 g/mol. The van der Waals surface area contributed by atoms with Crippen LogP contribution in [0.1, 0.15) is 77.2 Å². The van der Waals surface area contributed by atoms with Crippen LogP contribution in [0.5, 0.6) is 0 Å². The SMILES string of the molecule is C=CN(CCCC)c1nc(C)[nH]c1/C(=C/CC)N(C)CCCCC1=NCC(/C(=C/CC)N(C)C)=N1. The Labute approximate surface area is 213 Å². The number of nitrogens with zero attached hydrogens (tertiary/aromatic N) is 6. The maximum atomic E-state index is 4.83. The minimum Gasteiger partial charge on any atom is -0.376 e. The van der Waals surface area contributed by atoms with E-state index < -0.39 is 0 Å². The van der Waals surface area contributed by atoms with Crippen LogP contribution in [0, 0.1) is 6.92 Å². The Bertz CT molecular complexity index is 933. The van der Waals surface area contributed by atoms with Crippen LogP contribution in [0.2, 0.25) is 0 Å². The van der Waals surface area contributed by atoms with Gasteiger partial charge in [0.2, 0.25) is 0 Å². The van der Waals surface area contributed by atoms with Gasteiger partial charge in [-0.25, -0.2) is 9.98 Å². The van der Waals surface area contributed by atoms with Gasteiger partial charge in [0.05, 0.1) is 23.7 Å². The standard InChI is InChI=1S/C28H47N7/c1-9-13-20-35(12-4)28-27(30-22(5)31-28)25(17-11-3)34(8)19-15-14-18-26-29-21-23(32-26)24(16-10-2)33(6)7/h12,16-17H,4,9-11,13-15,18-21H2,1-3,5-8H3,(H,30,31)/b24-16-,25-17-. The number of rotatable bonds is 16. The van der Waals surface area contributed by atoms with Crippen LogP contribution in [0.15, 0.2) is 40.6 Å². The van der Waals surface area contributed by atoms with Gasteiger partial charge in [-0.1, -0.05) is 45.9 Å². The minimum absolute atomic E-state index is 0.697. The first-order valence-electron chi connectivity index (χ1n) is 13.2. The quantitative estimate of drug-likeness (QED) is 0.293. The number of anilines is 1. The van der Waals surface area contributed by atoms with E-state index in [4.69, 9.17) is 15.0 Å². The molecule has 1 aliphatic heterocycles. The largest absolute Gasteiger partial charge is 0.376 e. The maximum absolute atomic E-state index is 4.83. The van der Waals surface area contributed by atoms with Gasteiger partial charge in [-0.3, -0.25) is 4.99 Å². The predicted molar refractivity (Wildman–Crippen MR) is 152 cm³/mol. The third-order valence-corrected chi connectivity index (χ3v) is 6.11. The van der Waals surface area contributed by atoms with Crippen molar-refractivity contribution in [2.45, 2.75) is 72.6 Å². The molecule has 1 aromatic heterocycles. The number of H-pyrrole nitrogens is 1. The van der Waals surface area contributed by atoms with Gasteiger partial charge < -0.3 is 19.7 Å². The lowest BCUT2D eigenvalue weighted by Gasteiger charge is -2.25. The van der Waals surface area contributed by atoms with Crippen molar-refractivity contribution in [3.8, 4) is 0 Å². The lowest BCUT2D eigenvalue weighted by atomic mass is 10.2. The highest BCUT2D eigenvalue weighted by atomic mass is 15.2. The molecular weight excluding hydrogens is 434 g/mol. The molecule has 0 aromatic carbocycles. The first-order chi connectivity index (χ1) is 16.9. The molecule has 0 fully saturated rings. The van der Waals surface area contributed by atoms with Crippen molar-refractivity contribution in [1.29, 1.82) is 0 Å². The van der Waals surface area contributed by atoms with Gasteiger partial charge in [0.15, 0.2) is 5.82 Å². The molecule has 0 radical (unpaired) electrons. The maximum Gasteiger partial charge on any atom is 0.160 e. The molecule has 1 N–H and O–H groups in total. The second-order valence-electron chi connectivity index (χ2n) is 9.31. The normalized spacial score (nSPS) is 14.1. The Hall–Kier alpha value is -2.83. The van der Waals surface area contributed by atoms with E-state index in [-0.39, 0.29) is 0 Å². The summed E-state index contributed by atoms with van der Waals surface area (Å²) >= 11 is 0. The first-order valence-corrected chi connectivity index (χ1v) is 13.2. The van der Waals surface area contributed by atoms with Crippen molar-refractivity contribution in [1.82, 2.24) is 19.8 Å². The van der Waals surface area contributed by atoms with Crippen molar-refractivity contribution < 1.29 is 0 Å². The Kier molecular flexibility index (Phi) is 11.8. The van der Waals surface area contributed by atoms with Gasteiger partial charge in [-0.2, -0.15) is 0 Å². The molecule has 35 heavy (non-hydrogen) atoms. The van der Waals surface area contributed by atoms with E-state index in [2.05, 4.69) is 80.3 Å². The van der Waals surface area contributed by atoms with E-state index in [1.165, 1.54) is 11.4 Å². The Balaban J connectivity index is 2.01. The molecule has 0 saturated carbocycles. The highest BCUT2D eigenvalue weighted by Gasteiger charge is 2.20.